The quantitative estimate of drug-likeness (QED) is 0.329. The van der Waals surface area contributed by atoms with E-state index in [0.29, 0.717) is 20.6 Å². The van der Waals surface area contributed by atoms with Gasteiger partial charge < -0.3 is 4.74 Å². The molecule has 1 aromatic heterocycles. The molecule has 0 bridgehead atoms. The van der Waals surface area contributed by atoms with Crippen molar-refractivity contribution in [3.63, 3.8) is 0 Å². The number of allylic oxidation sites excluding steroid dienone is 1. The summed E-state index contributed by atoms with van der Waals surface area (Å²) in [6.07, 6.45) is 1.77. The summed E-state index contributed by atoms with van der Waals surface area (Å²) >= 11 is 1.21. The Morgan fingerprint density at radius 1 is 1.24 bits per heavy atom. The van der Waals surface area contributed by atoms with Crippen LogP contribution in [0.2, 0.25) is 0 Å². The number of aromatic nitrogens is 1. The average Bonchev–Trinajstić information content (AvgIpc) is 3.09. The summed E-state index contributed by atoms with van der Waals surface area (Å²) in [5.41, 5.74) is 2.54. The maximum Gasteiger partial charge on any atom is 0.338 e. The Balaban J connectivity index is 1.97. The summed E-state index contributed by atoms with van der Waals surface area (Å²) in [6, 6.07) is 12.8. The number of hydrogen-bond acceptors (Lipinski definition) is 7. The van der Waals surface area contributed by atoms with Gasteiger partial charge >= 0.3 is 5.97 Å². The number of thiazole rings is 1. The van der Waals surface area contributed by atoms with Gasteiger partial charge in [-0.1, -0.05) is 53.3 Å². The van der Waals surface area contributed by atoms with Gasteiger partial charge in [0.05, 0.1) is 33.4 Å². The van der Waals surface area contributed by atoms with E-state index in [1.54, 1.807) is 26.0 Å². The minimum absolute atomic E-state index is 0.132. The summed E-state index contributed by atoms with van der Waals surface area (Å²) in [7, 11) is 0. The van der Waals surface area contributed by atoms with Crippen LogP contribution in [-0.2, 0) is 9.53 Å². The number of nitrogens with zero attached hydrogens (tertiary/aromatic N) is 3. The highest BCUT2D eigenvalue weighted by atomic mass is 32.1. The van der Waals surface area contributed by atoms with Crippen LogP contribution in [0.3, 0.4) is 0 Å². The van der Waals surface area contributed by atoms with Gasteiger partial charge in [0.15, 0.2) is 4.80 Å². The lowest BCUT2D eigenvalue weighted by Crippen LogP contribution is -2.39. The van der Waals surface area contributed by atoms with E-state index in [9.17, 15) is 19.7 Å². The van der Waals surface area contributed by atoms with Crippen LogP contribution in [0.15, 0.2) is 69.6 Å². The number of rotatable bonds is 5. The maximum atomic E-state index is 13.5. The molecular weight excluding hydrogens is 442 g/mol. The molecule has 0 fully saturated rings. The van der Waals surface area contributed by atoms with Crippen LogP contribution in [-0.4, -0.2) is 22.1 Å². The second kappa shape index (κ2) is 8.95. The molecule has 0 N–H and O–H groups in total. The van der Waals surface area contributed by atoms with Crippen LogP contribution in [0.1, 0.15) is 36.6 Å². The Labute approximate surface area is 192 Å². The number of nitro benzene ring substituents is 1. The van der Waals surface area contributed by atoms with E-state index < -0.39 is 16.9 Å². The first-order chi connectivity index (χ1) is 15.8. The second-order valence-corrected chi connectivity index (χ2v) is 8.57. The topological polar surface area (TPSA) is 104 Å². The lowest BCUT2D eigenvalue weighted by molar-refractivity contribution is -0.384. The van der Waals surface area contributed by atoms with Gasteiger partial charge in [0.1, 0.15) is 0 Å². The van der Waals surface area contributed by atoms with Gasteiger partial charge in [-0.15, -0.1) is 0 Å². The standard InChI is InChI=1S/C24H21N3O5S/c1-4-32-23(29)20-15(3)25-24-26(21(20)17-6-5-7-18(13-17)27(30)31)22(28)19(33-24)12-16-10-8-14(2)9-11-16/h5-13,21H,4H2,1-3H3. The van der Waals surface area contributed by atoms with E-state index in [4.69, 9.17) is 4.74 Å². The molecule has 0 spiro atoms. The molecule has 33 heavy (non-hydrogen) atoms. The minimum Gasteiger partial charge on any atom is -0.463 e. The summed E-state index contributed by atoms with van der Waals surface area (Å²) in [5.74, 6) is -0.608. The van der Waals surface area contributed by atoms with E-state index in [0.717, 1.165) is 11.1 Å². The van der Waals surface area contributed by atoms with E-state index in [-0.39, 0.29) is 23.4 Å². The van der Waals surface area contributed by atoms with Crippen LogP contribution in [0.5, 0.6) is 0 Å². The van der Waals surface area contributed by atoms with Gasteiger partial charge in [0, 0.05) is 12.1 Å². The van der Waals surface area contributed by atoms with Crippen molar-refractivity contribution in [3.05, 3.63) is 106 Å². The largest absolute Gasteiger partial charge is 0.463 e. The smallest absolute Gasteiger partial charge is 0.338 e. The van der Waals surface area contributed by atoms with Crippen molar-refractivity contribution in [2.24, 2.45) is 4.99 Å². The van der Waals surface area contributed by atoms with Gasteiger partial charge in [0.25, 0.3) is 11.2 Å². The SMILES string of the molecule is CCOC(=O)C1=C(C)N=c2sc(=Cc3ccc(C)cc3)c(=O)n2C1c1cccc([N+](=O)[O-])c1. The van der Waals surface area contributed by atoms with Crippen LogP contribution >= 0.6 is 11.3 Å². The molecule has 1 aliphatic rings. The van der Waals surface area contributed by atoms with Crippen LogP contribution in [0.4, 0.5) is 5.69 Å². The van der Waals surface area contributed by atoms with E-state index in [1.807, 2.05) is 31.2 Å². The first-order valence-corrected chi connectivity index (χ1v) is 11.1. The number of carbonyl (C=O) groups is 1. The van der Waals surface area contributed by atoms with Gasteiger partial charge in [-0.05, 0) is 38.0 Å². The van der Waals surface area contributed by atoms with E-state index in [2.05, 4.69) is 4.99 Å². The van der Waals surface area contributed by atoms with Crippen LogP contribution in [0, 0.1) is 17.0 Å². The first-order valence-electron chi connectivity index (χ1n) is 10.3. The summed E-state index contributed by atoms with van der Waals surface area (Å²) in [6.45, 7) is 5.49. The molecular formula is C24H21N3O5S. The van der Waals surface area contributed by atoms with Crippen molar-refractivity contribution in [2.75, 3.05) is 6.61 Å². The molecule has 1 atom stereocenters. The normalized spacial score (nSPS) is 15.7. The van der Waals surface area contributed by atoms with Gasteiger partial charge in [-0.3, -0.25) is 19.5 Å². The molecule has 0 amide bonds. The zero-order valence-corrected chi connectivity index (χ0v) is 19.1. The van der Waals surface area contributed by atoms with Gasteiger partial charge in [-0.25, -0.2) is 9.79 Å². The molecule has 2 heterocycles. The summed E-state index contributed by atoms with van der Waals surface area (Å²) < 4.78 is 7.11. The van der Waals surface area contributed by atoms with Crippen molar-refractivity contribution in [3.8, 4) is 0 Å². The van der Waals surface area contributed by atoms with E-state index >= 15 is 0 Å². The van der Waals surface area contributed by atoms with Gasteiger partial charge in [-0.2, -0.15) is 0 Å². The Morgan fingerprint density at radius 2 is 1.97 bits per heavy atom. The van der Waals surface area contributed by atoms with Crippen LogP contribution < -0.4 is 14.9 Å². The fourth-order valence-corrected chi connectivity index (χ4v) is 4.78. The fourth-order valence-electron chi connectivity index (χ4n) is 3.73. The molecule has 168 valence electrons. The predicted octanol–water partition coefficient (Wildman–Crippen LogP) is 3.01. The number of ether oxygens (including phenoxy) is 1. The zero-order chi connectivity index (χ0) is 23.7. The van der Waals surface area contributed by atoms with Crippen molar-refractivity contribution in [1.29, 1.82) is 0 Å². The first kappa shape index (κ1) is 22.3. The number of esters is 1. The van der Waals surface area contributed by atoms with Gasteiger partial charge in [0.2, 0.25) is 0 Å². The minimum atomic E-state index is -0.889. The number of nitro groups is 1. The number of aryl methyl sites for hydroxylation is 1. The fraction of sp³-hybridized carbons (Fsp3) is 0.208. The van der Waals surface area contributed by atoms with E-state index in [1.165, 1.54) is 34.1 Å². The monoisotopic (exact) mass is 463 g/mol. The van der Waals surface area contributed by atoms with Crippen molar-refractivity contribution < 1.29 is 14.5 Å². The van der Waals surface area contributed by atoms with Crippen molar-refractivity contribution in [1.82, 2.24) is 4.57 Å². The highest BCUT2D eigenvalue weighted by Crippen LogP contribution is 2.32. The maximum absolute atomic E-state index is 13.5. The number of fused-ring (bicyclic) bond motifs is 1. The molecule has 0 saturated carbocycles. The van der Waals surface area contributed by atoms with Crippen molar-refractivity contribution in [2.45, 2.75) is 26.8 Å². The molecule has 1 aliphatic heterocycles. The number of carbonyl (C=O) groups excluding carboxylic acids is 1. The molecule has 1 unspecified atom stereocenters. The van der Waals surface area contributed by atoms with Crippen LogP contribution in [0.25, 0.3) is 6.08 Å². The highest BCUT2D eigenvalue weighted by molar-refractivity contribution is 7.07. The molecule has 3 aromatic rings. The molecule has 0 saturated heterocycles. The lowest BCUT2D eigenvalue weighted by Gasteiger charge is -2.24. The third-order valence-corrected chi connectivity index (χ3v) is 6.27. The third kappa shape index (κ3) is 4.27. The lowest BCUT2D eigenvalue weighted by atomic mass is 9.95. The molecule has 0 radical (unpaired) electrons. The molecule has 0 aliphatic carbocycles. The molecule has 2 aromatic carbocycles. The molecule has 8 nitrogen and oxygen atoms in total. The molecule has 9 heteroatoms. The number of hydrogen-bond donors (Lipinski definition) is 0. The molecule has 4 rings (SSSR count). The summed E-state index contributed by atoms with van der Waals surface area (Å²) in [4.78, 5) is 42.2. The third-order valence-electron chi connectivity index (χ3n) is 5.29. The average molecular weight is 464 g/mol. The Kier molecular flexibility index (Phi) is 6.06. The number of non-ortho nitro benzene ring substituents is 1. The second-order valence-electron chi connectivity index (χ2n) is 7.57. The predicted molar refractivity (Wildman–Crippen MR) is 125 cm³/mol. The summed E-state index contributed by atoms with van der Waals surface area (Å²) in [5, 5.41) is 11.4. The Bertz CT molecular complexity index is 1460. The Hall–Kier alpha value is -3.85. The van der Waals surface area contributed by atoms with Crippen molar-refractivity contribution >= 4 is 29.1 Å². The highest BCUT2D eigenvalue weighted by Gasteiger charge is 2.34. The Morgan fingerprint density at radius 3 is 2.64 bits per heavy atom. The zero-order valence-electron chi connectivity index (χ0n) is 18.3. The number of benzene rings is 2.